The Morgan fingerprint density at radius 1 is 1.11 bits per heavy atom. The molecule has 0 bridgehead atoms. The molecule has 0 aromatic heterocycles. The Labute approximate surface area is 117 Å². The third-order valence-electron chi connectivity index (χ3n) is 4.30. The van der Waals surface area contributed by atoms with Crippen LogP contribution in [0.4, 0.5) is 0 Å². The summed E-state index contributed by atoms with van der Waals surface area (Å²) >= 11 is 3.73. The fourth-order valence-electron chi connectivity index (χ4n) is 3.13. The molecule has 1 aromatic carbocycles. The van der Waals surface area contributed by atoms with E-state index in [1.165, 1.54) is 30.5 Å². The number of nitrogens with zero attached hydrogens (tertiary/aromatic N) is 1. The van der Waals surface area contributed by atoms with Gasteiger partial charge in [-0.1, -0.05) is 40.2 Å². The van der Waals surface area contributed by atoms with Gasteiger partial charge in [0.2, 0.25) is 0 Å². The zero-order valence-electron chi connectivity index (χ0n) is 10.7. The maximum absolute atomic E-state index is 5.51. The predicted octanol–water partition coefficient (Wildman–Crippen LogP) is 3.19. The Morgan fingerprint density at radius 3 is 2.28 bits per heavy atom. The molecule has 2 aliphatic rings. The van der Waals surface area contributed by atoms with Gasteiger partial charge in [-0.25, -0.2) is 0 Å². The first kappa shape index (κ1) is 12.6. The third kappa shape index (κ3) is 2.49. The van der Waals surface area contributed by atoms with Gasteiger partial charge < -0.3 is 4.74 Å². The van der Waals surface area contributed by atoms with Crippen molar-refractivity contribution >= 4 is 15.9 Å². The first-order chi connectivity index (χ1) is 8.81. The van der Waals surface area contributed by atoms with Crippen molar-refractivity contribution in [1.29, 1.82) is 0 Å². The summed E-state index contributed by atoms with van der Waals surface area (Å²) in [5.41, 5.74) is 3.43. The molecule has 98 valence electrons. The second-order valence-corrected chi connectivity index (χ2v) is 6.22. The molecule has 0 N–H and O–H groups in total. The van der Waals surface area contributed by atoms with Gasteiger partial charge in [0.1, 0.15) is 0 Å². The van der Waals surface area contributed by atoms with Crippen LogP contribution in [0, 0.1) is 5.41 Å². The molecule has 2 heterocycles. The zero-order valence-corrected chi connectivity index (χ0v) is 12.3. The molecular weight excluding hydrogens is 290 g/mol. The Bertz CT molecular complexity index is 390. The molecule has 0 saturated carbocycles. The van der Waals surface area contributed by atoms with E-state index in [1.807, 2.05) is 0 Å². The van der Waals surface area contributed by atoms with E-state index in [0.29, 0.717) is 5.41 Å². The molecule has 2 nitrogen and oxygen atoms in total. The first-order valence-corrected chi connectivity index (χ1v) is 7.86. The molecular formula is C15H20BrNO. The Balaban J connectivity index is 1.67. The molecule has 2 aliphatic heterocycles. The molecule has 3 heteroatoms. The highest BCUT2D eigenvalue weighted by atomic mass is 79.9. The Hall–Kier alpha value is -0.380. The maximum Gasteiger partial charge on any atom is 0.0472 e. The highest BCUT2D eigenvalue weighted by molar-refractivity contribution is 9.09. The van der Waals surface area contributed by atoms with Crippen molar-refractivity contribution in [3.05, 3.63) is 35.4 Å². The highest BCUT2D eigenvalue weighted by Crippen LogP contribution is 2.35. The predicted molar refractivity (Wildman–Crippen MR) is 76.8 cm³/mol. The summed E-state index contributed by atoms with van der Waals surface area (Å²) in [4.78, 5) is 2.59. The van der Waals surface area contributed by atoms with Crippen LogP contribution in [0.15, 0.2) is 24.3 Å². The fraction of sp³-hybridized carbons (Fsp3) is 0.600. The number of halogens is 1. The summed E-state index contributed by atoms with van der Waals surface area (Å²) < 4.78 is 5.51. The van der Waals surface area contributed by atoms with Crippen molar-refractivity contribution in [3.63, 3.8) is 0 Å². The second-order valence-electron chi connectivity index (χ2n) is 5.66. The van der Waals surface area contributed by atoms with Gasteiger partial charge >= 0.3 is 0 Å². The number of rotatable bonds is 3. The van der Waals surface area contributed by atoms with Crippen LogP contribution in [0.1, 0.15) is 24.0 Å². The van der Waals surface area contributed by atoms with Gasteiger partial charge in [0.25, 0.3) is 0 Å². The summed E-state index contributed by atoms with van der Waals surface area (Å²) in [5.74, 6) is 0. The normalized spacial score (nSPS) is 22.9. The summed E-state index contributed by atoms with van der Waals surface area (Å²) in [7, 11) is 0. The van der Waals surface area contributed by atoms with Crippen LogP contribution < -0.4 is 0 Å². The number of fused-ring (bicyclic) bond motifs is 1. The summed E-state index contributed by atoms with van der Waals surface area (Å²) in [5, 5.41) is 1.09. The van der Waals surface area contributed by atoms with Crippen LogP contribution in [0.3, 0.4) is 0 Å². The zero-order chi connectivity index (χ0) is 12.4. The van der Waals surface area contributed by atoms with Gasteiger partial charge in [-0.3, -0.25) is 4.90 Å². The van der Waals surface area contributed by atoms with E-state index in [2.05, 4.69) is 45.1 Å². The molecule has 18 heavy (non-hydrogen) atoms. The lowest BCUT2D eigenvalue weighted by atomic mass is 9.82. The first-order valence-electron chi connectivity index (χ1n) is 6.74. The SMILES string of the molecule is BrCC1(CN2Cc3ccccc3C2)CCOCC1. The number of hydrogen-bond donors (Lipinski definition) is 0. The average Bonchev–Trinajstić information content (AvgIpc) is 2.81. The third-order valence-corrected chi connectivity index (χ3v) is 5.49. The topological polar surface area (TPSA) is 12.5 Å². The molecule has 0 unspecified atom stereocenters. The van der Waals surface area contributed by atoms with E-state index in [1.54, 1.807) is 0 Å². The van der Waals surface area contributed by atoms with Gasteiger partial charge in [-0.15, -0.1) is 0 Å². The largest absolute Gasteiger partial charge is 0.381 e. The summed E-state index contributed by atoms with van der Waals surface area (Å²) in [6.07, 6.45) is 2.37. The number of ether oxygens (including phenoxy) is 1. The monoisotopic (exact) mass is 309 g/mol. The van der Waals surface area contributed by atoms with Crippen LogP contribution in [0.5, 0.6) is 0 Å². The molecule has 0 radical (unpaired) electrons. The van der Waals surface area contributed by atoms with Crippen LogP contribution in [0.25, 0.3) is 0 Å². The standard InChI is InChI=1S/C15H20BrNO/c16-11-15(5-7-18-8-6-15)12-17-9-13-3-1-2-4-14(13)10-17/h1-4H,5-12H2. The van der Waals surface area contributed by atoms with Crippen molar-refractivity contribution < 1.29 is 4.74 Å². The van der Waals surface area contributed by atoms with Crippen molar-refractivity contribution in [2.75, 3.05) is 25.1 Å². The molecule has 0 amide bonds. The minimum Gasteiger partial charge on any atom is -0.381 e. The fourth-order valence-corrected chi connectivity index (χ4v) is 3.87. The minimum atomic E-state index is 0.417. The van der Waals surface area contributed by atoms with E-state index < -0.39 is 0 Å². The minimum absolute atomic E-state index is 0.417. The number of alkyl halides is 1. The molecule has 3 rings (SSSR count). The summed E-state index contributed by atoms with van der Waals surface area (Å²) in [6.45, 7) is 5.27. The number of benzene rings is 1. The Morgan fingerprint density at radius 2 is 1.72 bits per heavy atom. The highest BCUT2D eigenvalue weighted by Gasteiger charge is 2.34. The van der Waals surface area contributed by atoms with E-state index in [-0.39, 0.29) is 0 Å². The van der Waals surface area contributed by atoms with E-state index in [9.17, 15) is 0 Å². The van der Waals surface area contributed by atoms with E-state index in [0.717, 1.165) is 31.6 Å². The molecule has 1 fully saturated rings. The average molecular weight is 310 g/mol. The van der Waals surface area contributed by atoms with Crippen LogP contribution >= 0.6 is 15.9 Å². The molecule has 0 atom stereocenters. The van der Waals surface area contributed by atoms with Crippen LogP contribution in [-0.2, 0) is 17.8 Å². The maximum atomic E-state index is 5.51. The lowest BCUT2D eigenvalue weighted by molar-refractivity contribution is 0.00744. The molecule has 0 aliphatic carbocycles. The lowest BCUT2D eigenvalue weighted by Gasteiger charge is -2.38. The second kappa shape index (κ2) is 5.32. The van der Waals surface area contributed by atoms with Gasteiger partial charge in [-0.05, 0) is 29.4 Å². The van der Waals surface area contributed by atoms with E-state index in [4.69, 9.17) is 4.74 Å². The van der Waals surface area contributed by atoms with Crippen molar-refractivity contribution in [1.82, 2.24) is 4.90 Å². The van der Waals surface area contributed by atoms with Gasteiger partial charge in [0.05, 0.1) is 0 Å². The van der Waals surface area contributed by atoms with Gasteiger partial charge in [0, 0.05) is 38.2 Å². The Kier molecular flexibility index (Phi) is 3.73. The molecule has 1 saturated heterocycles. The van der Waals surface area contributed by atoms with Crippen molar-refractivity contribution in [3.8, 4) is 0 Å². The van der Waals surface area contributed by atoms with E-state index >= 15 is 0 Å². The number of hydrogen-bond acceptors (Lipinski definition) is 2. The summed E-state index contributed by atoms with van der Waals surface area (Å²) in [6, 6.07) is 8.83. The van der Waals surface area contributed by atoms with Gasteiger partial charge in [-0.2, -0.15) is 0 Å². The van der Waals surface area contributed by atoms with Gasteiger partial charge in [0.15, 0.2) is 0 Å². The smallest absolute Gasteiger partial charge is 0.0472 e. The van der Waals surface area contributed by atoms with Crippen molar-refractivity contribution in [2.24, 2.45) is 5.41 Å². The molecule has 1 aromatic rings. The molecule has 0 spiro atoms. The van der Waals surface area contributed by atoms with Crippen molar-refractivity contribution in [2.45, 2.75) is 25.9 Å². The van der Waals surface area contributed by atoms with Crippen LogP contribution in [-0.4, -0.2) is 30.0 Å². The lowest BCUT2D eigenvalue weighted by Crippen LogP contribution is -2.40. The van der Waals surface area contributed by atoms with Crippen LogP contribution in [0.2, 0.25) is 0 Å². The quantitative estimate of drug-likeness (QED) is 0.795.